The zero-order valence-corrected chi connectivity index (χ0v) is 18.4. The Kier molecular flexibility index (Phi) is 6.59. The number of nitrogens with one attached hydrogen (secondary N) is 3. The highest BCUT2D eigenvalue weighted by Gasteiger charge is 2.23. The molecule has 172 valence electrons. The average Bonchev–Trinajstić information content (AvgIpc) is 3.26. The van der Waals surface area contributed by atoms with Gasteiger partial charge in [0.1, 0.15) is 11.8 Å². The van der Waals surface area contributed by atoms with Gasteiger partial charge in [-0.25, -0.2) is 4.79 Å². The highest BCUT2D eigenvalue weighted by molar-refractivity contribution is 6.02. The van der Waals surface area contributed by atoms with Crippen molar-refractivity contribution in [3.63, 3.8) is 0 Å². The molecule has 1 atom stereocenters. The maximum atomic E-state index is 13.2. The molecule has 34 heavy (non-hydrogen) atoms. The summed E-state index contributed by atoms with van der Waals surface area (Å²) in [6, 6.07) is 19.3. The molecule has 1 aromatic heterocycles. The molecule has 1 heterocycles. The van der Waals surface area contributed by atoms with Gasteiger partial charge in [-0.05, 0) is 60.2 Å². The Balaban J connectivity index is 1.57. The van der Waals surface area contributed by atoms with E-state index in [4.69, 9.17) is 9.84 Å². The van der Waals surface area contributed by atoms with Crippen molar-refractivity contribution in [1.82, 2.24) is 10.3 Å². The van der Waals surface area contributed by atoms with E-state index in [1.807, 2.05) is 30.5 Å². The first-order valence-corrected chi connectivity index (χ1v) is 10.6. The van der Waals surface area contributed by atoms with E-state index < -0.39 is 23.8 Å². The molecule has 4 N–H and O–H groups in total. The van der Waals surface area contributed by atoms with Crippen LogP contribution in [0, 0.1) is 0 Å². The number of ether oxygens (including phenoxy) is 1. The maximum absolute atomic E-state index is 13.2. The zero-order valence-electron chi connectivity index (χ0n) is 18.4. The number of carbonyl (C=O) groups is 3. The minimum atomic E-state index is -1.05. The van der Waals surface area contributed by atoms with Gasteiger partial charge in [-0.3, -0.25) is 9.59 Å². The first kappa shape index (κ1) is 22.6. The average molecular weight is 457 g/mol. The Morgan fingerprint density at radius 2 is 1.62 bits per heavy atom. The van der Waals surface area contributed by atoms with Gasteiger partial charge in [-0.15, -0.1) is 0 Å². The van der Waals surface area contributed by atoms with E-state index in [1.165, 1.54) is 24.3 Å². The number of rotatable bonds is 8. The number of aromatic nitrogens is 1. The van der Waals surface area contributed by atoms with Crippen LogP contribution in [-0.2, 0) is 11.2 Å². The van der Waals surface area contributed by atoms with E-state index in [0.717, 1.165) is 16.5 Å². The predicted molar refractivity (Wildman–Crippen MR) is 128 cm³/mol. The van der Waals surface area contributed by atoms with E-state index in [1.54, 1.807) is 31.4 Å². The molecular formula is C26H23N3O5. The van der Waals surface area contributed by atoms with Crippen LogP contribution in [0.15, 0.2) is 79.0 Å². The maximum Gasteiger partial charge on any atom is 0.335 e. The number of benzene rings is 3. The number of anilines is 1. The van der Waals surface area contributed by atoms with Crippen LogP contribution in [-0.4, -0.2) is 41.0 Å². The van der Waals surface area contributed by atoms with E-state index in [2.05, 4.69) is 15.6 Å². The van der Waals surface area contributed by atoms with Gasteiger partial charge in [-0.2, -0.15) is 0 Å². The van der Waals surface area contributed by atoms with Crippen molar-refractivity contribution in [2.45, 2.75) is 12.5 Å². The number of para-hydroxylation sites is 1. The van der Waals surface area contributed by atoms with Crippen molar-refractivity contribution in [2.24, 2.45) is 0 Å². The van der Waals surface area contributed by atoms with Gasteiger partial charge in [0.25, 0.3) is 5.91 Å². The number of carboxylic acids is 1. The van der Waals surface area contributed by atoms with Crippen LogP contribution in [0.5, 0.6) is 5.75 Å². The molecule has 8 nitrogen and oxygen atoms in total. The van der Waals surface area contributed by atoms with E-state index in [9.17, 15) is 14.4 Å². The molecule has 4 aromatic rings. The third kappa shape index (κ3) is 5.07. The molecule has 0 fully saturated rings. The molecule has 0 aliphatic rings. The van der Waals surface area contributed by atoms with Gasteiger partial charge in [-0.1, -0.05) is 18.2 Å². The number of amides is 2. The number of fused-ring (bicyclic) bond motifs is 1. The highest BCUT2D eigenvalue weighted by atomic mass is 16.5. The summed E-state index contributed by atoms with van der Waals surface area (Å²) in [5.41, 5.74) is 2.75. The molecule has 0 bridgehead atoms. The molecule has 1 unspecified atom stereocenters. The van der Waals surface area contributed by atoms with Crippen LogP contribution in [0.3, 0.4) is 0 Å². The fraction of sp³-hybridized carbons (Fsp3) is 0.115. The fourth-order valence-corrected chi connectivity index (χ4v) is 3.64. The smallest absolute Gasteiger partial charge is 0.335 e. The summed E-state index contributed by atoms with van der Waals surface area (Å²) < 4.78 is 5.13. The van der Waals surface area contributed by atoms with Crippen LogP contribution >= 0.6 is 0 Å². The molecular weight excluding hydrogens is 434 g/mol. The lowest BCUT2D eigenvalue weighted by Crippen LogP contribution is -2.45. The van der Waals surface area contributed by atoms with Gasteiger partial charge in [0.15, 0.2) is 0 Å². The standard InChI is InChI=1S/C26H23N3O5/c1-34-20-12-8-16(9-13-20)24(30)29-23(14-18-15-27-22-5-3-2-4-21(18)22)25(31)28-19-10-6-17(7-11-19)26(32)33/h2-13,15,23,27H,14H2,1H3,(H,28,31)(H,29,30)(H,32,33). The lowest BCUT2D eigenvalue weighted by molar-refractivity contribution is -0.118. The van der Waals surface area contributed by atoms with E-state index in [-0.39, 0.29) is 12.0 Å². The van der Waals surface area contributed by atoms with Gasteiger partial charge in [0, 0.05) is 34.8 Å². The summed E-state index contributed by atoms with van der Waals surface area (Å²) in [6.45, 7) is 0. The van der Waals surface area contributed by atoms with Crippen LogP contribution in [0.2, 0.25) is 0 Å². The van der Waals surface area contributed by atoms with Crippen LogP contribution < -0.4 is 15.4 Å². The normalized spacial score (nSPS) is 11.6. The minimum absolute atomic E-state index is 0.112. The molecule has 0 radical (unpaired) electrons. The van der Waals surface area contributed by atoms with Crippen LogP contribution in [0.1, 0.15) is 26.3 Å². The lowest BCUT2D eigenvalue weighted by Gasteiger charge is -2.19. The van der Waals surface area contributed by atoms with Crippen molar-refractivity contribution in [3.05, 3.63) is 95.7 Å². The Bertz CT molecular complexity index is 1330. The fourth-order valence-electron chi connectivity index (χ4n) is 3.64. The molecule has 0 saturated carbocycles. The van der Waals surface area contributed by atoms with Crippen molar-refractivity contribution >= 4 is 34.4 Å². The summed E-state index contributed by atoms with van der Waals surface area (Å²) in [7, 11) is 1.54. The molecule has 0 aliphatic heterocycles. The van der Waals surface area contributed by atoms with Crippen LogP contribution in [0.4, 0.5) is 5.69 Å². The summed E-state index contributed by atoms with van der Waals surface area (Å²) in [4.78, 5) is 40.4. The number of aromatic amines is 1. The largest absolute Gasteiger partial charge is 0.497 e. The number of carboxylic acid groups (broad SMARTS) is 1. The first-order chi connectivity index (χ1) is 16.4. The summed E-state index contributed by atoms with van der Waals surface area (Å²) in [6.07, 6.45) is 2.08. The summed E-state index contributed by atoms with van der Waals surface area (Å²) >= 11 is 0. The Labute approximate surface area is 195 Å². The topological polar surface area (TPSA) is 121 Å². The van der Waals surface area contributed by atoms with Crippen molar-refractivity contribution < 1.29 is 24.2 Å². The third-order valence-electron chi connectivity index (χ3n) is 5.47. The van der Waals surface area contributed by atoms with Crippen molar-refractivity contribution in [2.75, 3.05) is 12.4 Å². The Morgan fingerprint density at radius 3 is 2.29 bits per heavy atom. The number of hydrogen-bond donors (Lipinski definition) is 4. The SMILES string of the molecule is COc1ccc(C(=O)NC(Cc2c[nH]c3ccccc23)C(=O)Nc2ccc(C(=O)O)cc2)cc1. The second kappa shape index (κ2) is 9.91. The molecule has 3 aromatic carbocycles. The predicted octanol–water partition coefficient (Wildman–Crippen LogP) is 3.85. The number of carbonyl (C=O) groups excluding carboxylic acids is 2. The van der Waals surface area contributed by atoms with Gasteiger partial charge in [0.05, 0.1) is 12.7 Å². The molecule has 4 rings (SSSR count). The van der Waals surface area contributed by atoms with Gasteiger partial charge in [0.2, 0.25) is 5.91 Å². The van der Waals surface area contributed by atoms with Crippen molar-refractivity contribution in [1.29, 1.82) is 0 Å². The highest BCUT2D eigenvalue weighted by Crippen LogP contribution is 2.20. The molecule has 8 heteroatoms. The Morgan fingerprint density at radius 1 is 0.941 bits per heavy atom. The quantitative estimate of drug-likeness (QED) is 0.320. The number of aromatic carboxylic acids is 1. The van der Waals surface area contributed by atoms with Gasteiger partial charge < -0.3 is 25.5 Å². The first-order valence-electron chi connectivity index (χ1n) is 10.6. The number of hydrogen-bond acceptors (Lipinski definition) is 4. The van der Waals surface area contributed by atoms with E-state index in [0.29, 0.717) is 17.0 Å². The summed E-state index contributed by atoms with van der Waals surface area (Å²) in [5, 5.41) is 15.6. The van der Waals surface area contributed by atoms with E-state index >= 15 is 0 Å². The van der Waals surface area contributed by atoms with Crippen molar-refractivity contribution in [3.8, 4) is 5.75 Å². The summed E-state index contributed by atoms with van der Waals surface area (Å²) in [5.74, 6) is -1.25. The zero-order chi connectivity index (χ0) is 24.1. The molecule has 0 aliphatic carbocycles. The third-order valence-corrected chi connectivity index (χ3v) is 5.47. The molecule has 0 spiro atoms. The number of H-pyrrole nitrogens is 1. The monoisotopic (exact) mass is 457 g/mol. The lowest BCUT2D eigenvalue weighted by atomic mass is 10.0. The molecule has 2 amide bonds. The molecule has 0 saturated heterocycles. The Hall–Kier alpha value is -4.59. The second-order valence-electron chi connectivity index (χ2n) is 7.69. The number of methoxy groups -OCH3 is 1. The second-order valence-corrected chi connectivity index (χ2v) is 7.69. The minimum Gasteiger partial charge on any atom is -0.497 e. The van der Waals surface area contributed by atoms with Gasteiger partial charge >= 0.3 is 5.97 Å². The van der Waals surface area contributed by atoms with Crippen LogP contribution in [0.25, 0.3) is 10.9 Å².